The van der Waals surface area contributed by atoms with Gasteiger partial charge in [0.25, 0.3) is 5.91 Å². The smallest absolute Gasteiger partial charge is 0.251 e. The van der Waals surface area contributed by atoms with Gasteiger partial charge in [-0.05, 0) is 18.2 Å². The maximum Gasteiger partial charge on any atom is 0.251 e. The van der Waals surface area contributed by atoms with Crippen LogP contribution in [0.25, 0.3) is 0 Å². The molecule has 0 saturated carbocycles. The van der Waals surface area contributed by atoms with E-state index in [0.29, 0.717) is 22.8 Å². The quantitative estimate of drug-likeness (QED) is 0.900. The highest BCUT2D eigenvalue weighted by molar-refractivity contribution is 6.33. The predicted molar refractivity (Wildman–Crippen MR) is 75.4 cm³/mol. The van der Waals surface area contributed by atoms with Crippen molar-refractivity contribution in [2.45, 2.75) is 6.54 Å². The average Bonchev–Trinajstić information content (AvgIpc) is 2.82. The minimum absolute atomic E-state index is 0.142. The molecule has 2 N–H and O–H groups in total. The molecule has 5 nitrogen and oxygen atoms in total. The zero-order valence-corrected chi connectivity index (χ0v) is 11.5. The van der Waals surface area contributed by atoms with E-state index in [2.05, 4.69) is 15.6 Å². The molecule has 0 aliphatic heterocycles. The van der Waals surface area contributed by atoms with Crippen LogP contribution in [0.15, 0.2) is 30.6 Å². The van der Waals surface area contributed by atoms with E-state index < -0.39 is 0 Å². The fraction of sp³-hybridized carbons (Fsp3) is 0.231. The maximum absolute atomic E-state index is 11.6. The van der Waals surface area contributed by atoms with Crippen molar-refractivity contribution >= 4 is 23.2 Å². The summed E-state index contributed by atoms with van der Waals surface area (Å²) in [5.41, 5.74) is 1.28. The van der Waals surface area contributed by atoms with Gasteiger partial charge in [-0.15, -0.1) is 0 Å². The van der Waals surface area contributed by atoms with Crippen molar-refractivity contribution in [2.75, 3.05) is 12.4 Å². The Kier molecular flexibility index (Phi) is 4.06. The first-order chi connectivity index (χ1) is 9.11. The van der Waals surface area contributed by atoms with E-state index in [1.807, 2.05) is 17.8 Å². The van der Waals surface area contributed by atoms with Gasteiger partial charge in [-0.25, -0.2) is 4.98 Å². The molecule has 100 valence electrons. The van der Waals surface area contributed by atoms with Crippen LogP contribution in [0.4, 0.5) is 5.69 Å². The molecule has 0 atom stereocenters. The number of anilines is 1. The molecule has 1 amide bonds. The Balaban J connectivity index is 2.15. The summed E-state index contributed by atoms with van der Waals surface area (Å²) in [6.07, 6.45) is 3.61. The monoisotopic (exact) mass is 278 g/mol. The number of nitrogens with zero attached hydrogens (tertiary/aromatic N) is 2. The average molecular weight is 279 g/mol. The third-order valence-electron chi connectivity index (χ3n) is 2.81. The van der Waals surface area contributed by atoms with E-state index in [4.69, 9.17) is 11.6 Å². The van der Waals surface area contributed by atoms with Crippen LogP contribution in [0.2, 0.25) is 5.02 Å². The van der Waals surface area contributed by atoms with Crippen molar-refractivity contribution in [1.82, 2.24) is 14.9 Å². The molecule has 1 aromatic heterocycles. The van der Waals surface area contributed by atoms with Gasteiger partial charge in [0.2, 0.25) is 0 Å². The molecule has 0 saturated heterocycles. The summed E-state index contributed by atoms with van der Waals surface area (Å²) in [7, 11) is 3.52. The van der Waals surface area contributed by atoms with E-state index >= 15 is 0 Å². The van der Waals surface area contributed by atoms with Crippen LogP contribution in [0, 0.1) is 0 Å². The maximum atomic E-state index is 11.6. The molecule has 2 rings (SSSR count). The van der Waals surface area contributed by atoms with E-state index in [9.17, 15) is 4.79 Å². The fourth-order valence-corrected chi connectivity index (χ4v) is 1.87. The topological polar surface area (TPSA) is 59.0 Å². The molecular formula is C13H15ClN4O. The minimum atomic E-state index is -0.142. The van der Waals surface area contributed by atoms with E-state index in [1.54, 1.807) is 31.4 Å². The molecule has 0 aliphatic rings. The summed E-state index contributed by atoms with van der Waals surface area (Å²) in [6.45, 7) is 0.542. The number of hydrogen-bond acceptors (Lipinski definition) is 3. The van der Waals surface area contributed by atoms with Gasteiger partial charge in [0.05, 0.1) is 17.3 Å². The van der Waals surface area contributed by atoms with Gasteiger partial charge in [-0.2, -0.15) is 0 Å². The number of hydrogen-bond donors (Lipinski definition) is 2. The normalized spacial score (nSPS) is 10.3. The highest BCUT2D eigenvalue weighted by Gasteiger charge is 2.08. The van der Waals surface area contributed by atoms with Gasteiger partial charge >= 0.3 is 0 Å². The number of aryl methyl sites for hydroxylation is 1. The zero-order chi connectivity index (χ0) is 13.8. The molecule has 0 unspecified atom stereocenters. The van der Waals surface area contributed by atoms with Crippen LogP contribution in [0.5, 0.6) is 0 Å². The molecule has 0 bridgehead atoms. The van der Waals surface area contributed by atoms with Gasteiger partial charge < -0.3 is 15.2 Å². The molecule has 0 spiro atoms. The molecule has 0 aliphatic carbocycles. The number of benzene rings is 1. The van der Waals surface area contributed by atoms with Crippen LogP contribution in [-0.2, 0) is 13.6 Å². The third-order valence-corrected chi connectivity index (χ3v) is 3.14. The standard InChI is InChI=1S/C13H15ClN4O/c1-15-13(19)9-3-4-10(14)11(7-9)17-8-12-16-5-6-18(12)2/h3-7,17H,8H2,1-2H3,(H,15,19). The summed E-state index contributed by atoms with van der Waals surface area (Å²) in [4.78, 5) is 15.8. The molecule has 0 radical (unpaired) electrons. The molecule has 0 fully saturated rings. The number of imidazole rings is 1. The van der Waals surface area contributed by atoms with E-state index in [1.165, 1.54) is 0 Å². The van der Waals surface area contributed by atoms with Crippen LogP contribution >= 0.6 is 11.6 Å². The van der Waals surface area contributed by atoms with Gasteiger partial charge in [-0.1, -0.05) is 11.6 Å². The Morgan fingerprint density at radius 3 is 2.89 bits per heavy atom. The number of aromatic nitrogens is 2. The second-order valence-electron chi connectivity index (χ2n) is 4.08. The lowest BCUT2D eigenvalue weighted by Crippen LogP contribution is -2.18. The second-order valence-corrected chi connectivity index (χ2v) is 4.49. The minimum Gasteiger partial charge on any atom is -0.377 e. The molecule has 6 heteroatoms. The number of halogens is 1. The second kappa shape index (κ2) is 5.75. The number of amides is 1. The van der Waals surface area contributed by atoms with Crippen LogP contribution < -0.4 is 10.6 Å². The molecule has 19 heavy (non-hydrogen) atoms. The van der Waals surface area contributed by atoms with Crippen LogP contribution in [0.1, 0.15) is 16.2 Å². The predicted octanol–water partition coefficient (Wildman–Crippen LogP) is 2.05. The third kappa shape index (κ3) is 3.06. The number of rotatable bonds is 4. The highest BCUT2D eigenvalue weighted by Crippen LogP contribution is 2.23. The van der Waals surface area contributed by atoms with Crippen molar-refractivity contribution in [2.24, 2.45) is 7.05 Å². The Morgan fingerprint density at radius 2 is 2.26 bits per heavy atom. The Labute approximate surface area is 116 Å². The Hall–Kier alpha value is -2.01. The highest BCUT2D eigenvalue weighted by atomic mass is 35.5. The molecule has 1 heterocycles. The largest absolute Gasteiger partial charge is 0.377 e. The Morgan fingerprint density at radius 1 is 1.47 bits per heavy atom. The van der Waals surface area contributed by atoms with Crippen molar-refractivity contribution in [1.29, 1.82) is 0 Å². The van der Waals surface area contributed by atoms with Crippen LogP contribution in [0.3, 0.4) is 0 Å². The molecule has 2 aromatic rings. The molecular weight excluding hydrogens is 264 g/mol. The lowest BCUT2D eigenvalue weighted by molar-refractivity contribution is 0.0963. The Bertz CT molecular complexity index is 594. The summed E-state index contributed by atoms with van der Waals surface area (Å²) in [6, 6.07) is 5.12. The number of carbonyl (C=O) groups is 1. The van der Waals surface area contributed by atoms with Crippen molar-refractivity contribution < 1.29 is 4.79 Å². The first-order valence-corrected chi connectivity index (χ1v) is 6.21. The van der Waals surface area contributed by atoms with E-state index in [0.717, 1.165) is 5.82 Å². The van der Waals surface area contributed by atoms with Gasteiger partial charge in [0.1, 0.15) is 5.82 Å². The number of carbonyl (C=O) groups excluding carboxylic acids is 1. The summed E-state index contributed by atoms with van der Waals surface area (Å²) in [5.74, 6) is 0.748. The lowest BCUT2D eigenvalue weighted by atomic mass is 10.2. The molecule has 1 aromatic carbocycles. The lowest BCUT2D eigenvalue weighted by Gasteiger charge is -2.10. The summed E-state index contributed by atoms with van der Waals surface area (Å²) < 4.78 is 1.92. The van der Waals surface area contributed by atoms with Gasteiger partial charge in [-0.3, -0.25) is 4.79 Å². The SMILES string of the molecule is CNC(=O)c1ccc(Cl)c(NCc2nccn2C)c1. The van der Waals surface area contributed by atoms with Crippen molar-refractivity contribution in [3.63, 3.8) is 0 Å². The first kappa shape index (κ1) is 13.4. The van der Waals surface area contributed by atoms with Crippen molar-refractivity contribution in [3.05, 3.63) is 47.0 Å². The van der Waals surface area contributed by atoms with Crippen molar-refractivity contribution in [3.8, 4) is 0 Å². The zero-order valence-electron chi connectivity index (χ0n) is 10.8. The van der Waals surface area contributed by atoms with Gasteiger partial charge in [0.15, 0.2) is 0 Å². The summed E-state index contributed by atoms with van der Waals surface area (Å²) >= 11 is 6.10. The van der Waals surface area contributed by atoms with Crippen LogP contribution in [-0.4, -0.2) is 22.5 Å². The summed E-state index contributed by atoms with van der Waals surface area (Å²) in [5, 5.41) is 6.33. The van der Waals surface area contributed by atoms with E-state index in [-0.39, 0.29) is 5.91 Å². The fourth-order valence-electron chi connectivity index (χ4n) is 1.69. The van der Waals surface area contributed by atoms with Gasteiger partial charge in [0, 0.05) is 32.1 Å². The number of nitrogens with one attached hydrogen (secondary N) is 2. The first-order valence-electron chi connectivity index (χ1n) is 5.83.